The standard InChI is InChI=1S/C15H14N4O2S2/c1-9-13(11-8-22-14(16)18-11)23-15(17-9)19-12(20)7-21-10-5-3-2-4-6-10/h2-6,8H,7H2,1H3,(H2,16,18)(H,17,19,20). The molecule has 0 aliphatic heterocycles. The van der Waals surface area contributed by atoms with Gasteiger partial charge in [0, 0.05) is 5.38 Å². The normalized spacial score (nSPS) is 10.5. The summed E-state index contributed by atoms with van der Waals surface area (Å²) in [7, 11) is 0. The molecule has 3 rings (SSSR count). The SMILES string of the molecule is Cc1nc(NC(=O)COc2ccccc2)sc1-c1csc(N)n1. The molecule has 0 radical (unpaired) electrons. The first kappa shape index (κ1) is 15.4. The van der Waals surface area contributed by atoms with Crippen molar-refractivity contribution in [2.45, 2.75) is 6.92 Å². The van der Waals surface area contributed by atoms with Crippen molar-refractivity contribution in [2.24, 2.45) is 0 Å². The van der Waals surface area contributed by atoms with Gasteiger partial charge in [-0.25, -0.2) is 9.97 Å². The zero-order valence-corrected chi connectivity index (χ0v) is 13.9. The van der Waals surface area contributed by atoms with E-state index in [2.05, 4.69) is 15.3 Å². The molecular formula is C15H14N4O2S2. The lowest BCUT2D eigenvalue weighted by molar-refractivity contribution is -0.118. The Morgan fingerprint density at radius 3 is 2.78 bits per heavy atom. The molecule has 0 aliphatic rings. The van der Waals surface area contributed by atoms with Crippen molar-refractivity contribution in [1.82, 2.24) is 9.97 Å². The summed E-state index contributed by atoms with van der Waals surface area (Å²) < 4.78 is 5.40. The van der Waals surface area contributed by atoms with Crippen LogP contribution in [0.25, 0.3) is 10.6 Å². The molecule has 0 saturated heterocycles. The summed E-state index contributed by atoms with van der Waals surface area (Å²) in [6.45, 7) is 1.80. The number of amides is 1. The van der Waals surface area contributed by atoms with Gasteiger partial charge in [-0.3, -0.25) is 10.1 Å². The van der Waals surface area contributed by atoms with E-state index in [0.29, 0.717) is 16.0 Å². The highest BCUT2D eigenvalue weighted by molar-refractivity contribution is 7.19. The minimum Gasteiger partial charge on any atom is -0.484 e. The number of carbonyl (C=O) groups is 1. The van der Waals surface area contributed by atoms with E-state index in [1.54, 1.807) is 12.1 Å². The van der Waals surface area contributed by atoms with E-state index in [4.69, 9.17) is 10.5 Å². The summed E-state index contributed by atoms with van der Waals surface area (Å²) in [5.41, 5.74) is 7.24. The van der Waals surface area contributed by atoms with Crippen LogP contribution in [0.2, 0.25) is 0 Å². The van der Waals surface area contributed by atoms with Gasteiger partial charge in [-0.15, -0.1) is 11.3 Å². The van der Waals surface area contributed by atoms with Gasteiger partial charge in [-0.2, -0.15) is 0 Å². The van der Waals surface area contributed by atoms with E-state index in [0.717, 1.165) is 16.3 Å². The first-order valence-corrected chi connectivity index (χ1v) is 8.48. The van der Waals surface area contributed by atoms with Crippen molar-refractivity contribution in [3.8, 4) is 16.3 Å². The van der Waals surface area contributed by atoms with Crippen molar-refractivity contribution in [2.75, 3.05) is 17.7 Å². The van der Waals surface area contributed by atoms with Crippen LogP contribution in [0.1, 0.15) is 5.69 Å². The summed E-state index contributed by atoms with van der Waals surface area (Å²) in [5.74, 6) is 0.392. The van der Waals surface area contributed by atoms with Gasteiger partial charge in [0.25, 0.3) is 5.91 Å². The molecule has 0 spiro atoms. The second-order valence-corrected chi connectivity index (χ2v) is 6.54. The lowest BCUT2D eigenvalue weighted by Gasteiger charge is -2.05. The molecule has 0 fully saturated rings. The Bertz CT molecular complexity index is 814. The fourth-order valence-corrected chi connectivity index (χ4v) is 3.47. The number of anilines is 2. The monoisotopic (exact) mass is 346 g/mol. The molecule has 3 N–H and O–H groups in total. The first-order valence-electron chi connectivity index (χ1n) is 6.78. The molecule has 118 valence electrons. The number of nitrogens with two attached hydrogens (primary N) is 1. The number of aryl methyl sites for hydroxylation is 1. The number of nitrogens with zero attached hydrogens (tertiary/aromatic N) is 2. The Morgan fingerprint density at radius 1 is 1.30 bits per heavy atom. The number of hydrogen-bond donors (Lipinski definition) is 2. The van der Waals surface area contributed by atoms with Crippen LogP contribution in [0.5, 0.6) is 5.75 Å². The number of nitrogen functional groups attached to an aromatic ring is 1. The van der Waals surface area contributed by atoms with Crippen LogP contribution in [0.15, 0.2) is 35.7 Å². The van der Waals surface area contributed by atoms with Crippen molar-refractivity contribution < 1.29 is 9.53 Å². The summed E-state index contributed by atoms with van der Waals surface area (Å²) in [6, 6.07) is 9.18. The quantitative estimate of drug-likeness (QED) is 0.740. The molecule has 1 aromatic carbocycles. The van der Waals surface area contributed by atoms with E-state index in [1.807, 2.05) is 30.5 Å². The molecule has 2 aromatic heterocycles. The maximum Gasteiger partial charge on any atom is 0.264 e. The summed E-state index contributed by atoms with van der Waals surface area (Å²) >= 11 is 2.74. The summed E-state index contributed by atoms with van der Waals surface area (Å²) in [4.78, 5) is 21.4. The average Bonchev–Trinajstić information content (AvgIpc) is 3.12. The maximum absolute atomic E-state index is 11.9. The first-order chi connectivity index (χ1) is 11.1. The molecule has 0 atom stereocenters. The van der Waals surface area contributed by atoms with Crippen molar-refractivity contribution in [3.05, 3.63) is 41.4 Å². The van der Waals surface area contributed by atoms with Crippen LogP contribution in [0.3, 0.4) is 0 Å². The van der Waals surface area contributed by atoms with Crippen molar-refractivity contribution >= 4 is 38.8 Å². The highest BCUT2D eigenvalue weighted by atomic mass is 32.1. The van der Waals surface area contributed by atoms with E-state index < -0.39 is 0 Å². The number of thiazole rings is 2. The molecule has 0 bridgehead atoms. The summed E-state index contributed by atoms with van der Waals surface area (Å²) in [5, 5.41) is 5.64. The third kappa shape index (κ3) is 3.85. The summed E-state index contributed by atoms with van der Waals surface area (Å²) in [6.07, 6.45) is 0. The van der Waals surface area contributed by atoms with E-state index in [-0.39, 0.29) is 12.5 Å². The van der Waals surface area contributed by atoms with Gasteiger partial charge < -0.3 is 10.5 Å². The predicted octanol–water partition coefficient (Wildman–Crippen LogP) is 3.17. The molecule has 23 heavy (non-hydrogen) atoms. The van der Waals surface area contributed by atoms with Gasteiger partial charge in [0.1, 0.15) is 5.75 Å². The number of ether oxygens (including phenoxy) is 1. The third-order valence-electron chi connectivity index (χ3n) is 2.91. The lowest BCUT2D eigenvalue weighted by atomic mass is 10.3. The molecule has 6 nitrogen and oxygen atoms in total. The van der Waals surface area contributed by atoms with Crippen molar-refractivity contribution in [3.63, 3.8) is 0 Å². The minimum atomic E-state index is -0.257. The lowest BCUT2D eigenvalue weighted by Crippen LogP contribution is -2.20. The second-order valence-electron chi connectivity index (χ2n) is 4.65. The van der Waals surface area contributed by atoms with Crippen LogP contribution in [-0.4, -0.2) is 22.5 Å². The molecule has 0 aliphatic carbocycles. The highest BCUT2D eigenvalue weighted by Gasteiger charge is 2.14. The van der Waals surface area contributed by atoms with Crippen LogP contribution in [0, 0.1) is 6.92 Å². The highest BCUT2D eigenvalue weighted by Crippen LogP contribution is 2.33. The van der Waals surface area contributed by atoms with E-state index in [9.17, 15) is 4.79 Å². The van der Waals surface area contributed by atoms with E-state index in [1.165, 1.54) is 22.7 Å². The fourth-order valence-electron chi connectivity index (χ4n) is 1.90. The Hall–Kier alpha value is -2.45. The molecule has 1 amide bonds. The van der Waals surface area contributed by atoms with Gasteiger partial charge in [0.15, 0.2) is 16.9 Å². The molecule has 0 saturated carbocycles. The number of benzene rings is 1. The fraction of sp³-hybridized carbons (Fsp3) is 0.133. The predicted molar refractivity (Wildman–Crippen MR) is 92.9 cm³/mol. The largest absolute Gasteiger partial charge is 0.484 e. The minimum absolute atomic E-state index is 0.0678. The Balaban J connectivity index is 1.63. The van der Waals surface area contributed by atoms with Crippen LogP contribution in [-0.2, 0) is 4.79 Å². The van der Waals surface area contributed by atoms with Gasteiger partial charge in [-0.05, 0) is 19.1 Å². The maximum atomic E-state index is 11.9. The molecular weight excluding hydrogens is 332 g/mol. The molecule has 8 heteroatoms. The molecule has 3 aromatic rings. The van der Waals surface area contributed by atoms with Gasteiger partial charge in [0.2, 0.25) is 0 Å². The number of hydrogen-bond acceptors (Lipinski definition) is 7. The van der Waals surface area contributed by atoms with E-state index >= 15 is 0 Å². The Kier molecular flexibility index (Phi) is 4.54. The zero-order chi connectivity index (χ0) is 16.2. The number of carbonyl (C=O) groups excluding carboxylic acids is 1. The second kappa shape index (κ2) is 6.76. The zero-order valence-electron chi connectivity index (χ0n) is 12.3. The van der Waals surface area contributed by atoms with Gasteiger partial charge in [0.05, 0.1) is 16.3 Å². The topological polar surface area (TPSA) is 90.1 Å². The number of rotatable bonds is 5. The number of para-hydroxylation sites is 1. The molecule has 0 unspecified atom stereocenters. The third-order valence-corrected chi connectivity index (χ3v) is 4.68. The van der Waals surface area contributed by atoms with Crippen LogP contribution < -0.4 is 15.8 Å². The van der Waals surface area contributed by atoms with Crippen molar-refractivity contribution in [1.29, 1.82) is 0 Å². The average molecular weight is 346 g/mol. The van der Waals surface area contributed by atoms with Crippen LogP contribution in [0.4, 0.5) is 10.3 Å². The molecule has 2 heterocycles. The number of aromatic nitrogens is 2. The Morgan fingerprint density at radius 2 is 2.09 bits per heavy atom. The Labute approximate surface area is 141 Å². The number of nitrogens with one attached hydrogen (secondary N) is 1. The smallest absolute Gasteiger partial charge is 0.264 e. The van der Waals surface area contributed by atoms with Crippen LogP contribution >= 0.6 is 22.7 Å². The van der Waals surface area contributed by atoms with Gasteiger partial charge >= 0.3 is 0 Å². The van der Waals surface area contributed by atoms with Gasteiger partial charge in [-0.1, -0.05) is 29.5 Å².